The number of hydrogen-bond donors (Lipinski definition) is 1. The Balaban J connectivity index is 1.68. The lowest BCUT2D eigenvalue weighted by atomic mass is 10.2. The largest absolute Gasteiger partial charge is 0.297 e. The van der Waals surface area contributed by atoms with Crippen LogP contribution in [0, 0.1) is 0 Å². The highest BCUT2D eigenvalue weighted by atomic mass is 16.1. The molecule has 0 saturated heterocycles. The Bertz CT molecular complexity index is 864. The van der Waals surface area contributed by atoms with Crippen molar-refractivity contribution in [3.8, 4) is 0 Å². The number of hydrogen-bond acceptors (Lipinski definition) is 6. The predicted octanol–water partition coefficient (Wildman–Crippen LogP) is 0.543. The zero-order chi connectivity index (χ0) is 15.1. The lowest BCUT2D eigenvalue weighted by molar-refractivity contribution is 0.102. The SMILES string of the molecule is Cn1nnc2c(C(=O)Nc3nnc4n3CCCC4)ccnc21. The molecule has 0 radical (unpaired) electrons. The Kier molecular flexibility index (Phi) is 2.84. The Morgan fingerprint density at radius 1 is 1.27 bits per heavy atom. The molecule has 3 aromatic rings. The molecule has 9 heteroatoms. The molecule has 1 N–H and O–H groups in total. The van der Waals surface area contributed by atoms with Gasteiger partial charge in [-0.05, 0) is 18.9 Å². The fourth-order valence-corrected chi connectivity index (χ4v) is 2.69. The van der Waals surface area contributed by atoms with E-state index in [4.69, 9.17) is 0 Å². The minimum Gasteiger partial charge on any atom is -0.297 e. The van der Waals surface area contributed by atoms with Crippen molar-refractivity contribution in [2.75, 3.05) is 5.32 Å². The molecular formula is C13H14N8O. The van der Waals surface area contributed by atoms with Crippen molar-refractivity contribution in [1.82, 2.24) is 34.7 Å². The van der Waals surface area contributed by atoms with Crippen molar-refractivity contribution in [2.45, 2.75) is 25.8 Å². The molecule has 1 amide bonds. The number of nitrogens with zero attached hydrogens (tertiary/aromatic N) is 7. The Labute approximate surface area is 125 Å². The van der Waals surface area contributed by atoms with E-state index in [0.29, 0.717) is 22.7 Å². The average Bonchev–Trinajstić information content (AvgIpc) is 3.12. The summed E-state index contributed by atoms with van der Waals surface area (Å²) in [6, 6.07) is 1.62. The smallest absolute Gasteiger partial charge is 0.260 e. The van der Waals surface area contributed by atoms with E-state index in [1.54, 1.807) is 19.3 Å². The van der Waals surface area contributed by atoms with Gasteiger partial charge in [-0.15, -0.1) is 15.3 Å². The first kappa shape index (κ1) is 12.9. The molecule has 22 heavy (non-hydrogen) atoms. The molecule has 3 aromatic heterocycles. The Morgan fingerprint density at radius 3 is 3.09 bits per heavy atom. The maximum absolute atomic E-state index is 12.5. The fraction of sp³-hybridized carbons (Fsp3) is 0.385. The van der Waals surface area contributed by atoms with E-state index in [-0.39, 0.29) is 5.91 Å². The zero-order valence-electron chi connectivity index (χ0n) is 12.0. The van der Waals surface area contributed by atoms with Crippen LogP contribution in [0.2, 0.25) is 0 Å². The van der Waals surface area contributed by atoms with Gasteiger partial charge in [-0.25, -0.2) is 9.67 Å². The second kappa shape index (κ2) is 4.86. The lowest BCUT2D eigenvalue weighted by Crippen LogP contribution is -2.19. The van der Waals surface area contributed by atoms with Gasteiger partial charge >= 0.3 is 0 Å². The van der Waals surface area contributed by atoms with Crippen molar-refractivity contribution in [1.29, 1.82) is 0 Å². The van der Waals surface area contributed by atoms with E-state index in [9.17, 15) is 4.79 Å². The summed E-state index contributed by atoms with van der Waals surface area (Å²) in [5.41, 5.74) is 1.46. The van der Waals surface area contributed by atoms with Gasteiger partial charge in [-0.3, -0.25) is 14.7 Å². The summed E-state index contributed by atoms with van der Waals surface area (Å²) in [7, 11) is 1.74. The van der Waals surface area contributed by atoms with Gasteiger partial charge in [0.05, 0.1) is 5.56 Å². The summed E-state index contributed by atoms with van der Waals surface area (Å²) < 4.78 is 3.49. The van der Waals surface area contributed by atoms with Gasteiger partial charge < -0.3 is 0 Å². The number of rotatable bonds is 2. The van der Waals surface area contributed by atoms with E-state index in [2.05, 4.69) is 30.8 Å². The van der Waals surface area contributed by atoms with Gasteiger partial charge in [0.2, 0.25) is 5.95 Å². The van der Waals surface area contributed by atoms with Gasteiger partial charge in [-0.1, -0.05) is 5.21 Å². The van der Waals surface area contributed by atoms with Crippen LogP contribution in [-0.2, 0) is 20.0 Å². The van der Waals surface area contributed by atoms with E-state index in [1.807, 2.05) is 4.57 Å². The van der Waals surface area contributed by atoms with Crippen LogP contribution in [0.5, 0.6) is 0 Å². The number of aryl methyl sites for hydroxylation is 2. The van der Waals surface area contributed by atoms with Gasteiger partial charge in [0.1, 0.15) is 11.3 Å². The second-order valence-electron chi connectivity index (χ2n) is 5.25. The maximum Gasteiger partial charge on any atom is 0.260 e. The normalized spacial score (nSPS) is 14.0. The molecule has 0 fully saturated rings. The lowest BCUT2D eigenvalue weighted by Gasteiger charge is -2.14. The maximum atomic E-state index is 12.5. The number of carbonyl (C=O) groups excluding carboxylic acids is 1. The number of amides is 1. The van der Waals surface area contributed by atoms with Crippen molar-refractivity contribution in [2.24, 2.45) is 7.05 Å². The standard InChI is InChI=1S/C13H14N8O/c1-20-11-10(17-19-20)8(5-6-14-11)12(22)15-13-18-16-9-4-2-3-7-21(9)13/h5-6H,2-4,7H2,1H3,(H,15,18,22). The minimum absolute atomic E-state index is 0.284. The van der Waals surface area contributed by atoms with Crippen molar-refractivity contribution >= 4 is 23.0 Å². The van der Waals surface area contributed by atoms with Crippen molar-refractivity contribution in [3.63, 3.8) is 0 Å². The topological polar surface area (TPSA) is 103 Å². The van der Waals surface area contributed by atoms with Gasteiger partial charge in [-0.2, -0.15) is 0 Å². The van der Waals surface area contributed by atoms with E-state index in [1.165, 1.54) is 4.68 Å². The fourth-order valence-electron chi connectivity index (χ4n) is 2.69. The van der Waals surface area contributed by atoms with Gasteiger partial charge in [0.15, 0.2) is 5.65 Å². The number of aromatic nitrogens is 7. The molecule has 0 atom stereocenters. The molecule has 1 aliphatic rings. The molecule has 9 nitrogen and oxygen atoms in total. The van der Waals surface area contributed by atoms with Crippen LogP contribution in [0.25, 0.3) is 11.2 Å². The quantitative estimate of drug-likeness (QED) is 0.740. The van der Waals surface area contributed by atoms with Crippen LogP contribution < -0.4 is 5.32 Å². The van der Waals surface area contributed by atoms with Crippen LogP contribution >= 0.6 is 0 Å². The molecule has 0 aliphatic carbocycles. The van der Waals surface area contributed by atoms with E-state index < -0.39 is 0 Å². The van der Waals surface area contributed by atoms with Crippen LogP contribution in [0.15, 0.2) is 12.3 Å². The molecule has 0 aromatic carbocycles. The van der Waals surface area contributed by atoms with Crippen LogP contribution in [0.4, 0.5) is 5.95 Å². The summed E-state index contributed by atoms with van der Waals surface area (Å²) in [5.74, 6) is 1.11. The predicted molar refractivity (Wildman–Crippen MR) is 77.2 cm³/mol. The number of nitrogens with one attached hydrogen (secondary N) is 1. The number of carbonyl (C=O) groups is 1. The van der Waals surface area contributed by atoms with Crippen LogP contribution in [-0.4, -0.2) is 40.6 Å². The number of fused-ring (bicyclic) bond motifs is 2. The molecule has 112 valence electrons. The highest BCUT2D eigenvalue weighted by molar-refractivity contribution is 6.10. The van der Waals surface area contributed by atoms with Gasteiger partial charge in [0.25, 0.3) is 5.91 Å². The molecular weight excluding hydrogens is 284 g/mol. The first-order valence-corrected chi connectivity index (χ1v) is 7.12. The average molecular weight is 298 g/mol. The van der Waals surface area contributed by atoms with E-state index in [0.717, 1.165) is 31.6 Å². The summed E-state index contributed by atoms with van der Waals surface area (Å²) in [6.45, 7) is 0.828. The first-order chi connectivity index (χ1) is 10.7. The summed E-state index contributed by atoms with van der Waals surface area (Å²) in [4.78, 5) is 16.7. The molecule has 0 saturated carbocycles. The van der Waals surface area contributed by atoms with Gasteiger partial charge in [0, 0.05) is 26.2 Å². The third-order valence-electron chi connectivity index (χ3n) is 3.82. The summed E-state index contributed by atoms with van der Waals surface area (Å²) in [6.07, 6.45) is 4.64. The number of anilines is 1. The second-order valence-corrected chi connectivity index (χ2v) is 5.25. The third kappa shape index (κ3) is 1.93. The number of pyridine rings is 1. The molecule has 4 heterocycles. The Hall–Kier alpha value is -2.84. The highest BCUT2D eigenvalue weighted by Crippen LogP contribution is 2.19. The molecule has 0 unspecified atom stereocenters. The molecule has 0 bridgehead atoms. The summed E-state index contributed by atoms with van der Waals surface area (Å²) >= 11 is 0. The Morgan fingerprint density at radius 2 is 2.18 bits per heavy atom. The van der Waals surface area contributed by atoms with E-state index >= 15 is 0 Å². The summed E-state index contributed by atoms with van der Waals surface area (Å²) in [5, 5.41) is 18.9. The molecule has 4 rings (SSSR count). The van der Waals surface area contributed by atoms with Crippen molar-refractivity contribution < 1.29 is 4.79 Å². The molecule has 1 aliphatic heterocycles. The molecule has 0 spiro atoms. The highest BCUT2D eigenvalue weighted by Gasteiger charge is 2.20. The monoisotopic (exact) mass is 298 g/mol. The van der Waals surface area contributed by atoms with Crippen LogP contribution in [0.3, 0.4) is 0 Å². The first-order valence-electron chi connectivity index (χ1n) is 7.12. The third-order valence-corrected chi connectivity index (χ3v) is 3.82. The van der Waals surface area contributed by atoms with Crippen molar-refractivity contribution in [3.05, 3.63) is 23.7 Å². The zero-order valence-corrected chi connectivity index (χ0v) is 12.0. The minimum atomic E-state index is -0.284. The van der Waals surface area contributed by atoms with Crippen LogP contribution in [0.1, 0.15) is 29.0 Å².